The third-order valence-electron chi connectivity index (χ3n) is 3.09. The second kappa shape index (κ2) is 4.44. The highest BCUT2D eigenvalue weighted by Crippen LogP contribution is 2.36. The fourth-order valence-corrected chi connectivity index (χ4v) is 3.87. The lowest BCUT2D eigenvalue weighted by Gasteiger charge is -2.18. The van der Waals surface area contributed by atoms with Crippen molar-refractivity contribution in [1.82, 2.24) is 0 Å². The summed E-state index contributed by atoms with van der Waals surface area (Å²) < 4.78 is 0.993. The molecule has 3 rings (SSSR count). The highest BCUT2D eigenvalue weighted by atomic mass is 79.9. The zero-order chi connectivity index (χ0) is 11.8. The van der Waals surface area contributed by atoms with E-state index in [1.165, 1.54) is 5.56 Å². The maximum Gasteiger partial charge on any atom is 0.110 e. The van der Waals surface area contributed by atoms with Gasteiger partial charge in [-0.1, -0.05) is 18.2 Å². The number of fused-ring (bicyclic) bond motifs is 1. The molecule has 0 saturated heterocycles. The summed E-state index contributed by atoms with van der Waals surface area (Å²) in [6.07, 6.45) is 0.415. The van der Waals surface area contributed by atoms with Gasteiger partial charge in [-0.05, 0) is 45.4 Å². The standard InChI is InChI=1S/C13H12BrNOS/c14-9-5-6-17-13(9)12(16)11-7-8-3-1-2-4-10(8)15-11/h1-6,11-12,15-16H,7H2. The van der Waals surface area contributed by atoms with Crippen LogP contribution in [-0.4, -0.2) is 11.1 Å². The monoisotopic (exact) mass is 309 g/mol. The Morgan fingerprint density at radius 3 is 2.88 bits per heavy atom. The molecule has 0 radical (unpaired) electrons. The van der Waals surface area contributed by atoms with E-state index < -0.39 is 6.10 Å². The van der Waals surface area contributed by atoms with Gasteiger partial charge in [0.25, 0.3) is 0 Å². The molecule has 1 aromatic heterocycles. The van der Waals surface area contributed by atoms with Crippen molar-refractivity contribution in [2.24, 2.45) is 0 Å². The minimum absolute atomic E-state index is 0.0716. The van der Waals surface area contributed by atoms with Crippen LogP contribution in [0, 0.1) is 0 Å². The number of rotatable bonds is 2. The van der Waals surface area contributed by atoms with Crippen LogP contribution in [-0.2, 0) is 6.42 Å². The van der Waals surface area contributed by atoms with Gasteiger partial charge in [-0.15, -0.1) is 11.3 Å². The van der Waals surface area contributed by atoms with Crippen LogP contribution in [0.15, 0.2) is 40.2 Å². The van der Waals surface area contributed by atoms with Crippen LogP contribution in [0.5, 0.6) is 0 Å². The van der Waals surface area contributed by atoms with Crippen LogP contribution in [0.4, 0.5) is 5.69 Å². The zero-order valence-corrected chi connectivity index (χ0v) is 11.5. The summed E-state index contributed by atoms with van der Waals surface area (Å²) in [5, 5.41) is 15.8. The fraction of sp³-hybridized carbons (Fsp3) is 0.231. The Kier molecular flexibility index (Phi) is 2.94. The molecule has 0 bridgehead atoms. The average molecular weight is 310 g/mol. The van der Waals surface area contributed by atoms with Crippen LogP contribution < -0.4 is 5.32 Å². The number of thiophene rings is 1. The zero-order valence-electron chi connectivity index (χ0n) is 9.06. The molecule has 0 saturated carbocycles. The molecule has 0 amide bonds. The number of para-hydroxylation sites is 1. The van der Waals surface area contributed by atoms with E-state index in [1.807, 2.05) is 23.6 Å². The minimum Gasteiger partial charge on any atom is -0.385 e. The molecule has 88 valence electrons. The molecule has 1 aliphatic heterocycles. The minimum atomic E-state index is -0.461. The van der Waals surface area contributed by atoms with Gasteiger partial charge in [-0.2, -0.15) is 0 Å². The first kappa shape index (κ1) is 11.3. The van der Waals surface area contributed by atoms with E-state index >= 15 is 0 Å². The van der Waals surface area contributed by atoms with Crippen molar-refractivity contribution >= 4 is 33.0 Å². The number of hydrogen-bond donors (Lipinski definition) is 2. The molecule has 1 aromatic carbocycles. The first-order valence-electron chi connectivity index (χ1n) is 5.51. The lowest BCUT2D eigenvalue weighted by molar-refractivity contribution is 0.160. The Hall–Kier alpha value is -0.840. The number of aliphatic hydroxyl groups is 1. The van der Waals surface area contributed by atoms with Crippen molar-refractivity contribution in [2.75, 3.05) is 5.32 Å². The fourth-order valence-electron chi connectivity index (χ4n) is 2.22. The van der Waals surface area contributed by atoms with Crippen molar-refractivity contribution in [3.63, 3.8) is 0 Å². The molecule has 4 heteroatoms. The second-order valence-electron chi connectivity index (χ2n) is 4.19. The first-order chi connectivity index (χ1) is 8.25. The Bertz CT molecular complexity index is 515. The Balaban J connectivity index is 1.83. The highest BCUT2D eigenvalue weighted by molar-refractivity contribution is 9.10. The lowest BCUT2D eigenvalue weighted by Crippen LogP contribution is -2.24. The molecular weight excluding hydrogens is 298 g/mol. The van der Waals surface area contributed by atoms with E-state index in [0.717, 1.165) is 21.5 Å². The van der Waals surface area contributed by atoms with E-state index in [2.05, 4.69) is 33.4 Å². The van der Waals surface area contributed by atoms with Crippen molar-refractivity contribution in [3.05, 3.63) is 50.6 Å². The smallest absolute Gasteiger partial charge is 0.110 e. The highest BCUT2D eigenvalue weighted by Gasteiger charge is 2.29. The van der Waals surface area contributed by atoms with Gasteiger partial charge in [0.2, 0.25) is 0 Å². The van der Waals surface area contributed by atoms with Gasteiger partial charge in [-0.3, -0.25) is 0 Å². The summed E-state index contributed by atoms with van der Waals surface area (Å²) >= 11 is 5.06. The van der Waals surface area contributed by atoms with Gasteiger partial charge in [0.15, 0.2) is 0 Å². The molecule has 0 spiro atoms. The number of benzene rings is 1. The number of hydrogen-bond acceptors (Lipinski definition) is 3. The van der Waals surface area contributed by atoms with Crippen molar-refractivity contribution in [1.29, 1.82) is 0 Å². The molecule has 2 unspecified atom stereocenters. The maximum atomic E-state index is 10.4. The second-order valence-corrected chi connectivity index (χ2v) is 5.99. The van der Waals surface area contributed by atoms with Crippen molar-refractivity contribution in [2.45, 2.75) is 18.6 Å². The molecule has 1 aliphatic rings. The third kappa shape index (κ3) is 2.01. The first-order valence-corrected chi connectivity index (χ1v) is 7.18. The largest absolute Gasteiger partial charge is 0.385 e. The molecular formula is C13H12BrNOS. The van der Waals surface area contributed by atoms with Crippen molar-refractivity contribution < 1.29 is 5.11 Å². The molecule has 2 aromatic rings. The summed E-state index contributed by atoms with van der Waals surface area (Å²) in [5.74, 6) is 0. The van der Waals surface area contributed by atoms with Crippen LogP contribution in [0.2, 0.25) is 0 Å². The van der Waals surface area contributed by atoms with Crippen LogP contribution >= 0.6 is 27.3 Å². The van der Waals surface area contributed by atoms with Gasteiger partial charge in [0.1, 0.15) is 6.10 Å². The van der Waals surface area contributed by atoms with Gasteiger partial charge in [0.05, 0.1) is 6.04 Å². The normalized spacial score (nSPS) is 19.8. The lowest BCUT2D eigenvalue weighted by atomic mass is 10.0. The molecule has 0 fully saturated rings. The summed E-state index contributed by atoms with van der Waals surface area (Å²) in [7, 11) is 0. The predicted molar refractivity (Wildman–Crippen MR) is 74.5 cm³/mol. The van der Waals surface area contributed by atoms with E-state index in [4.69, 9.17) is 0 Å². The molecule has 2 nitrogen and oxygen atoms in total. The molecule has 0 aliphatic carbocycles. The maximum absolute atomic E-state index is 10.4. The van der Waals surface area contributed by atoms with Crippen LogP contribution in [0.25, 0.3) is 0 Å². The van der Waals surface area contributed by atoms with Gasteiger partial charge < -0.3 is 10.4 Å². The Morgan fingerprint density at radius 2 is 2.18 bits per heavy atom. The number of halogens is 1. The topological polar surface area (TPSA) is 32.3 Å². The number of anilines is 1. The quantitative estimate of drug-likeness (QED) is 0.888. The average Bonchev–Trinajstić information content (AvgIpc) is 2.93. The van der Waals surface area contributed by atoms with E-state index in [1.54, 1.807) is 11.3 Å². The molecule has 2 N–H and O–H groups in total. The molecule has 2 atom stereocenters. The van der Waals surface area contributed by atoms with Gasteiger partial charge >= 0.3 is 0 Å². The summed E-state index contributed by atoms with van der Waals surface area (Å²) in [6, 6.07) is 10.3. The van der Waals surface area contributed by atoms with E-state index in [0.29, 0.717) is 0 Å². The predicted octanol–water partition coefficient (Wildman–Crippen LogP) is 3.58. The SMILES string of the molecule is OC(c1sccc1Br)C1Cc2ccccc2N1. The number of aliphatic hydroxyl groups excluding tert-OH is 1. The summed E-state index contributed by atoms with van der Waals surface area (Å²) in [5.41, 5.74) is 2.42. The van der Waals surface area contributed by atoms with Crippen LogP contribution in [0.1, 0.15) is 16.5 Å². The van der Waals surface area contributed by atoms with E-state index in [-0.39, 0.29) is 6.04 Å². The Morgan fingerprint density at radius 1 is 1.35 bits per heavy atom. The van der Waals surface area contributed by atoms with E-state index in [9.17, 15) is 5.11 Å². The summed E-state index contributed by atoms with van der Waals surface area (Å²) in [4.78, 5) is 0.996. The van der Waals surface area contributed by atoms with Gasteiger partial charge in [-0.25, -0.2) is 0 Å². The summed E-state index contributed by atoms with van der Waals surface area (Å²) in [6.45, 7) is 0. The van der Waals surface area contributed by atoms with Crippen LogP contribution in [0.3, 0.4) is 0 Å². The molecule has 2 heterocycles. The number of nitrogens with one attached hydrogen (secondary N) is 1. The Labute approximate surface area is 112 Å². The molecule has 17 heavy (non-hydrogen) atoms. The van der Waals surface area contributed by atoms with Crippen molar-refractivity contribution in [3.8, 4) is 0 Å². The van der Waals surface area contributed by atoms with Gasteiger partial charge in [0, 0.05) is 15.0 Å². The third-order valence-corrected chi connectivity index (χ3v) is 5.03.